The maximum absolute atomic E-state index is 13.4. The third-order valence-electron chi connectivity index (χ3n) is 4.35. The minimum absolute atomic E-state index is 0.261. The summed E-state index contributed by atoms with van der Waals surface area (Å²) in [6.45, 7) is 6.31. The van der Waals surface area contributed by atoms with Crippen LogP contribution in [0, 0.1) is 19.8 Å². The van der Waals surface area contributed by atoms with Gasteiger partial charge in [-0.05, 0) is 50.1 Å². The van der Waals surface area contributed by atoms with Gasteiger partial charge in [0.05, 0.1) is 10.6 Å². The number of nitrogens with zero attached hydrogens (tertiary/aromatic N) is 3. The molecule has 2 rings (SSSR count). The number of aryl methyl sites for hydroxylation is 2. The van der Waals surface area contributed by atoms with Crippen LogP contribution in [-0.4, -0.2) is 42.7 Å². The average molecular weight is 527 g/mol. The van der Waals surface area contributed by atoms with Crippen molar-refractivity contribution in [2.45, 2.75) is 57.4 Å². The number of hydrazine groups is 1. The third kappa shape index (κ3) is 7.70. The number of anilines is 2. The summed E-state index contributed by atoms with van der Waals surface area (Å²) < 4.78 is 108. The first-order valence-electron chi connectivity index (χ1n) is 10.1. The highest BCUT2D eigenvalue weighted by Crippen LogP contribution is 2.38. The lowest BCUT2D eigenvalue weighted by Gasteiger charge is -2.35. The van der Waals surface area contributed by atoms with E-state index in [-0.39, 0.29) is 23.3 Å². The minimum Gasteiger partial charge on any atom is -0.273 e. The SMILES string of the molecule is Cc1cc(C)nc(NS(=O)(=O)c2ccc(N(NC(=O)CC(C)C)C(C(F)(F)F)C(F)(F)F)cc2)n1. The van der Waals surface area contributed by atoms with Crippen LogP contribution in [-0.2, 0) is 14.8 Å². The van der Waals surface area contributed by atoms with Crippen LogP contribution in [0.5, 0.6) is 0 Å². The quantitative estimate of drug-likeness (QED) is 0.393. The summed E-state index contributed by atoms with van der Waals surface area (Å²) >= 11 is 0. The van der Waals surface area contributed by atoms with E-state index in [1.807, 2.05) is 0 Å². The molecule has 0 bridgehead atoms. The molecule has 0 atom stereocenters. The molecular formula is C20H23F6N5O3S. The van der Waals surface area contributed by atoms with Gasteiger partial charge in [0, 0.05) is 17.8 Å². The van der Waals surface area contributed by atoms with Gasteiger partial charge in [0.15, 0.2) is 0 Å². The summed E-state index contributed by atoms with van der Waals surface area (Å²) in [4.78, 5) is 19.4. The Morgan fingerprint density at radius 1 is 0.971 bits per heavy atom. The maximum atomic E-state index is 13.4. The standard InChI is InChI=1S/C20H23F6N5O3S/c1-11(2)9-16(32)29-31(17(19(21,22)23)20(24,25)26)14-5-7-15(8-6-14)35(33,34)30-18-27-12(3)10-13(4)28-18/h5-8,10-11,17H,9H2,1-4H3,(H,29,32)(H,27,28,30). The van der Waals surface area contributed by atoms with Gasteiger partial charge >= 0.3 is 12.4 Å². The van der Waals surface area contributed by atoms with Gasteiger partial charge in [0.2, 0.25) is 17.9 Å². The fraction of sp³-hybridized carbons (Fsp3) is 0.450. The Morgan fingerprint density at radius 2 is 1.46 bits per heavy atom. The Labute approximate surface area is 197 Å². The average Bonchev–Trinajstić information content (AvgIpc) is 2.63. The number of hydrogen-bond donors (Lipinski definition) is 2. The summed E-state index contributed by atoms with van der Waals surface area (Å²) in [5.74, 6) is -1.69. The molecule has 35 heavy (non-hydrogen) atoms. The molecule has 0 aliphatic rings. The Balaban J connectivity index is 2.45. The lowest BCUT2D eigenvalue weighted by Crippen LogP contribution is -2.61. The van der Waals surface area contributed by atoms with Crippen LogP contribution < -0.4 is 15.2 Å². The van der Waals surface area contributed by atoms with Crippen LogP contribution in [0.2, 0.25) is 0 Å². The van der Waals surface area contributed by atoms with Gasteiger partial charge in [-0.15, -0.1) is 0 Å². The second-order valence-corrected chi connectivity index (χ2v) is 9.74. The molecule has 1 aromatic carbocycles. The van der Waals surface area contributed by atoms with E-state index in [4.69, 9.17) is 0 Å². The van der Waals surface area contributed by atoms with Gasteiger partial charge in [-0.25, -0.2) is 23.1 Å². The van der Waals surface area contributed by atoms with E-state index in [0.717, 1.165) is 24.3 Å². The highest BCUT2D eigenvalue weighted by atomic mass is 32.2. The summed E-state index contributed by atoms with van der Waals surface area (Å²) in [5, 5.41) is -0.360. The van der Waals surface area contributed by atoms with Crippen molar-refractivity contribution in [3.05, 3.63) is 41.7 Å². The maximum Gasteiger partial charge on any atom is 0.419 e. The largest absolute Gasteiger partial charge is 0.419 e. The molecule has 1 amide bonds. The summed E-state index contributed by atoms with van der Waals surface area (Å²) in [6.07, 6.45) is -12.0. The zero-order chi connectivity index (χ0) is 26.8. The van der Waals surface area contributed by atoms with Crippen molar-refractivity contribution in [1.29, 1.82) is 0 Å². The number of aromatic nitrogens is 2. The number of nitrogens with one attached hydrogen (secondary N) is 2. The number of hydrogen-bond acceptors (Lipinski definition) is 6. The molecule has 15 heteroatoms. The predicted octanol–water partition coefficient (Wildman–Crippen LogP) is 4.27. The van der Waals surface area contributed by atoms with E-state index in [0.29, 0.717) is 11.4 Å². The topological polar surface area (TPSA) is 104 Å². The van der Waals surface area contributed by atoms with Crippen LogP contribution >= 0.6 is 0 Å². The monoisotopic (exact) mass is 527 g/mol. The van der Waals surface area contributed by atoms with Crippen molar-refractivity contribution >= 4 is 27.6 Å². The van der Waals surface area contributed by atoms with Crippen LogP contribution in [0.4, 0.5) is 38.0 Å². The van der Waals surface area contributed by atoms with E-state index >= 15 is 0 Å². The first kappa shape index (κ1) is 28.1. The molecule has 0 aliphatic heterocycles. The molecule has 2 aromatic rings. The Kier molecular flexibility index (Phi) is 8.25. The number of carbonyl (C=O) groups is 1. The highest BCUT2D eigenvalue weighted by Gasteiger charge is 2.60. The molecule has 0 saturated heterocycles. The van der Waals surface area contributed by atoms with E-state index in [1.54, 1.807) is 39.2 Å². The van der Waals surface area contributed by atoms with E-state index in [1.165, 1.54) is 0 Å². The first-order chi connectivity index (χ1) is 15.9. The van der Waals surface area contributed by atoms with Gasteiger partial charge < -0.3 is 0 Å². The number of carbonyl (C=O) groups excluding carboxylic acids is 1. The van der Waals surface area contributed by atoms with Gasteiger partial charge in [-0.2, -0.15) is 26.3 Å². The first-order valence-corrected chi connectivity index (χ1v) is 11.6. The Hall–Kier alpha value is -3.10. The molecule has 2 N–H and O–H groups in total. The summed E-state index contributed by atoms with van der Waals surface area (Å²) in [6, 6.07) is 0.549. The van der Waals surface area contributed by atoms with E-state index in [9.17, 15) is 39.6 Å². The lowest BCUT2D eigenvalue weighted by atomic mass is 10.1. The van der Waals surface area contributed by atoms with Crippen molar-refractivity contribution in [3.8, 4) is 0 Å². The van der Waals surface area contributed by atoms with Crippen molar-refractivity contribution in [3.63, 3.8) is 0 Å². The van der Waals surface area contributed by atoms with Gasteiger partial charge in [-0.3, -0.25) is 15.2 Å². The number of halogens is 6. The van der Waals surface area contributed by atoms with Crippen molar-refractivity contribution in [2.75, 3.05) is 9.73 Å². The normalized spacial score (nSPS) is 12.7. The zero-order valence-corrected chi connectivity index (χ0v) is 19.8. The van der Waals surface area contributed by atoms with Gasteiger partial charge in [-0.1, -0.05) is 13.8 Å². The second kappa shape index (κ2) is 10.3. The third-order valence-corrected chi connectivity index (χ3v) is 5.69. The van der Waals surface area contributed by atoms with Gasteiger partial charge in [0.1, 0.15) is 0 Å². The molecule has 0 aliphatic carbocycles. The molecule has 8 nitrogen and oxygen atoms in total. The predicted molar refractivity (Wildman–Crippen MR) is 115 cm³/mol. The number of amides is 1. The lowest BCUT2D eigenvalue weighted by molar-refractivity contribution is -0.251. The molecule has 0 radical (unpaired) electrons. The fourth-order valence-electron chi connectivity index (χ4n) is 3.04. The minimum atomic E-state index is -5.81. The molecule has 0 spiro atoms. The van der Waals surface area contributed by atoms with Crippen LogP contribution in [0.25, 0.3) is 0 Å². The zero-order valence-electron chi connectivity index (χ0n) is 19.0. The van der Waals surface area contributed by atoms with Crippen LogP contribution in [0.3, 0.4) is 0 Å². The number of sulfonamides is 1. The summed E-state index contributed by atoms with van der Waals surface area (Å²) in [5.41, 5.74) is 1.85. The Morgan fingerprint density at radius 3 is 1.89 bits per heavy atom. The van der Waals surface area contributed by atoms with Crippen LogP contribution in [0.15, 0.2) is 35.2 Å². The van der Waals surface area contributed by atoms with Crippen molar-refractivity contribution in [1.82, 2.24) is 15.4 Å². The smallest absolute Gasteiger partial charge is 0.273 e. The molecular weight excluding hydrogens is 504 g/mol. The summed E-state index contributed by atoms with van der Waals surface area (Å²) in [7, 11) is -4.33. The molecule has 1 heterocycles. The van der Waals surface area contributed by atoms with E-state index < -0.39 is 44.9 Å². The van der Waals surface area contributed by atoms with E-state index in [2.05, 4.69) is 14.7 Å². The fourth-order valence-corrected chi connectivity index (χ4v) is 3.99. The second-order valence-electron chi connectivity index (χ2n) is 8.06. The van der Waals surface area contributed by atoms with Crippen LogP contribution in [0.1, 0.15) is 31.7 Å². The van der Waals surface area contributed by atoms with Crippen molar-refractivity contribution in [2.24, 2.45) is 5.92 Å². The molecule has 0 saturated carbocycles. The molecule has 1 aromatic heterocycles. The van der Waals surface area contributed by atoms with Crippen molar-refractivity contribution < 1.29 is 39.6 Å². The molecule has 0 fully saturated rings. The number of benzene rings is 1. The van der Waals surface area contributed by atoms with Gasteiger partial charge in [0.25, 0.3) is 10.0 Å². The highest BCUT2D eigenvalue weighted by molar-refractivity contribution is 7.92. The molecule has 194 valence electrons. The molecule has 0 unspecified atom stereocenters. The number of alkyl halides is 6. The number of rotatable bonds is 8. The Bertz CT molecular complexity index is 1120.